The fraction of sp³-hybridized carbons (Fsp3) is 0.417. The van der Waals surface area contributed by atoms with Crippen molar-refractivity contribution in [3.8, 4) is 5.75 Å². The van der Waals surface area contributed by atoms with Crippen LogP contribution in [0.3, 0.4) is 0 Å². The molecule has 4 nitrogen and oxygen atoms in total. The number of carbonyl (C=O) groups excluding carboxylic acids is 1. The number of methoxy groups -OCH3 is 1. The molecule has 0 radical (unpaired) electrons. The van der Waals surface area contributed by atoms with Gasteiger partial charge < -0.3 is 10.5 Å². The number of hydrogen-bond donors (Lipinski definition) is 1. The molecule has 17 heavy (non-hydrogen) atoms. The molecular weight excluding hydrogens is 284 g/mol. The van der Waals surface area contributed by atoms with Gasteiger partial charge in [0.15, 0.2) is 0 Å². The average Bonchev–Trinajstić information content (AvgIpc) is 2.29. The fourth-order valence-corrected chi connectivity index (χ4v) is 2.78. The molecule has 92 valence electrons. The number of primary amides is 1. The molecule has 1 aromatic carbocycles. The summed E-state index contributed by atoms with van der Waals surface area (Å²) in [4.78, 5) is 13.0. The number of nitrogens with zero attached hydrogens (tertiary/aromatic N) is 1. The number of hydrogen-bond acceptors (Lipinski definition) is 3. The van der Waals surface area contributed by atoms with Crippen molar-refractivity contribution >= 4 is 21.8 Å². The van der Waals surface area contributed by atoms with Crippen molar-refractivity contribution in [3.05, 3.63) is 27.7 Å². The third-order valence-corrected chi connectivity index (χ3v) is 3.73. The van der Waals surface area contributed by atoms with E-state index in [4.69, 9.17) is 10.5 Å². The monoisotopic (exact) mass is 298 g/mol. The van der Waals surface area contributed by atoms with Gasteiger partial charge in [-0.1, -0.05) is 15.9 Å². The van der Waals surface area contributed by atoms with Crippen molar-refractivity contribution in [2.75, 3.05) is 20.2 Å². The van der Waals surface area contributed by atoms with E-state index in [1.165, 1.54) is 5.56 Å². The Morgan fingerprint density at radius 3 is 2.94 bits per heavy atom. The quantitative estimate of drug-likeness (QED) is 0.915. The normalized spacial score (nSPS) is 15.4. The van der Waals surface area contributed by atoms with E-state index in [0.29, 0.717) is 13.1 Å². The van der Waals surface area contributed by atoms with Gasteiger partial charge in [0.2, 0.25) is 5.91 Å². The number of fused-ring (bicyclic) bond motifs is 1. The summed E-state index contributed by atoms with van der Waals surface area (Å²) in [5.74, 6) is 0.583. The molecule has 0 atom stereocenters. The lowest BCUT2D eigenvalue weighted by Crippen LogP contribution is -2.37. The minimum atomic E-state index is -0.289. The Balaban J connectivity index is 2.29. The molecule has 1 aliphatic heterocycles. The van der Waals surface area contributed by atoms with Gasteiger partial charge >= 0.3 is 0 Å². The van der Waals surface area contributed by atoms with Gasteiger partial charge in [-0.05, 0) is 24.1 Å². The van der Waals surface area contributed by atoms with E-state index in [1.807, 2.05) is 17.0 Å². The van der Waals surface area contributed by atoms with Gasteiger partial charge in [-0.3, -0.25) is 9.69 Å². The van der Waals surface area contributed by atoms with Crippen molar-refractivity contribution in [1.29, 1.82) is 0 Å². The molecule has 0 aromatic heterocycles. The van der Waals surface area contributed by atoms with Crippen LogP contribution in [0.1, 0.15) is 11.1 Å². The maximum atomic E-state index is 10.9. The molecule has 1 aliphatic rings. The van der Waals surface area contributed by atoms with Gasteiger partial charge in [0.1, 0.15) is 5.75 Å². The smallest absolute Gasteiger partial charge is 0.231 e. The number of benzene rings is 1. The largest absolute Gasteiger partial charge is 0.496 e. The van der Waals surface area contributed by atoms with Crippen LogP contribution in [0.2, 0.25) is 0 Å². The van der Waals surface area contributed by atoms with Crippen molar-refractivity contribution in [2.45, 2.75) is 13.0 Å². The molecule has 0 bridgehead atoms. The van der Waals surface area contributed by atoms with Crippen LogP contribution in [-0.4, -0.2) is 31.0 Å². The minimum absolute atomic E-state index is 0.289. The lowest BCUT2D eigenvalue weighted by atomic mass is 9.99. The van der Waals surface area contributed by atoms with Crippen LogP contribution in [0.4, 0.5) is 0 Å². The Bertz CT molecular complexity index is 448. The summed E-state index contributed by atoms with van der Waals surface area (Å²) >= 11 is 3.55. The minimum Gasteiger partial charge on any atom is -0.496 e. The second-order valence-electron chi connectivity index (χ2n) is 4.13. The van der Waals surface area contributed by atoms with Gasteiger partial charge in [-0.25, -0.2) is 0 Å². The summed E-state index contributed by atoms with van der Waals surface area (Å²) in [6.45, 7) is 1.86. The average molecular weight is 299 g/mol. The van der Waals surface area contributed by atoms with E-state index in [-0.39, 0.29) is 5.91 Å². The summed E-state index contributed by atoms with van der Waals surface area (Å²) in [5.41, 5.74) is 7.64. The zero-order valence-electron chi connectivity index (χ0n) is 9.70. The highest BCUT2D eigenvalue weighted by molar-refractivity contribution is 9.10. The van der Waals surface area contributed by atoms with Crippen molar-refractivity contribution in [2.24, 2.45) is 5.73 Å². The number of amides is 1. The summed E-state index contributed by atoms with van der Waals surface area (Å²) in [6, 6.07) is 3.94. The summed E-state index contributed by atoms with van der Waals surface area (Å²) in [5, 5.41) is 0. The molecular formula is C12H15BrN2O2. The second-order valence-corrected chi connectivity index (χ2v) is 4.99. The summed E-state index contributed by atoms with van der Waals surface area (Å²) < 4.78 is 6.46. The lowest BCUT2D eigenvalue weighted by Gasteiger charge is -2.29. The molecule has 2 N–H and O–H groups in total. The number of halogens is 1. The predicted molar refractivity (Wildman–Crippen MR) is 68.9 cm³/mol. The first-order valence-electron chi connectivity index (χ1n) is 5.46. The molecule has 0 saturated heterocycles. The molecule has 1 amide bonds. The third-order valence-electron chi connectivity index (χ3n) is 2.99. The van der Waals surface area contributed by atoms with Crippen LogP contribution >= 0.6 is 15.9 Å². The van der Waals surface area contributed by atoms with Crippen LogP contribution in [0.15, 0.2) is 16.6 Å². The third kappa shape index (κ3) is 2.61. The number of ether oxygens (including phenoxy) is 1. The zero-order chi connectivity index (χ0) is 12.4. The molecule has 0 saturated carbocycles. The van der Waals surface area contributed by atoms with Crippen molar-refractivity contribution in [3.63, 3.8) is 0 Å². The Morgan fingerprint density at radius 1 is 1.53 bits per heavy atom. The SMILES string of the molecule is COc1ccc(Br)c2c1CN(CC(N)=O)CC2. The fourth-order valence-electron chi connectivity index (χ4n) is 2.21. The Hall–Kier alpha value is -1.07. The molecule has 0 aliphatic carbocycles. The van der Waals surface area contributed by atoms with Crippen LogP contribution in [-0.2, 0) is 17.8 Å². The zero-order valence-corrected chi connectivity index (χ0v) is 11.3. The topological polar surface area (TPSA) is 55.6 Å². The maximum absolute atomic E-state index is 10.9. The van der Waals surface area contributed by atoms with Gasteiger partial charge in [0.05, 0.1) is 13.7 Å². The van der Waals surface area contributed by atoms with Gasteiger partial charge in [0.25, 0.3) is 0 Å². The maximum Gasteiger partial charge on any atom is 0.231 e. The predicted octanol–water partition coefficient (Wildman–Crippen LogP) is 1.30. The molecule has 0 spiro atoms. The van der Waals surface area contributed by atoms with Gasteiger partial charge in [-0.15, -0.1) is 0 Å². The van der Waals surface area contributed by atoms with Crippen LogP contribution in [0, 0.1) is 0 Å². The van der Waals surface area contributed by atoms with Crippen molar-refractivity contribution in [1.82, 2.24) is 4.90 Å². The first kappa shape index (κ1) is 12.4. The summed E-state index contributed by atoms with van der Waals surface area (Å²) in [7, 11) is 1.66. The van der Waals surface area contributed by atoms with E-state index >= 15 is 0 Å². The van der Waals surface area contributed by atoms with Gasteiger partial charge in [0, 0.05) is 23.1 Å². The number of nitrogens with two attached hydrogens (primary N) is 1. The van der Waals surface area contributed by atoms with E-state index in [9.17, 15) is 4.79 Å². The van der Waals surface area contributed by atoms with E-state index in [0.717, 1.165) is 28.8 Å². The highest BCUT2D eigenvalue weighted by Crippen LogP contribution is 2.33. The number of rotatable bonds is 3. The molecule has 2 rings (SSSR count). The Labute approximate surface area is 109 Å². The van der Waals surface area contributed by atoms with E-state index in [2.05, 4.69) is 15.9 Å². The first-order chi connectivity index (χ1) is 8.11. The molecule has 0 unspecified atom stereocenters. The van der Waals surface area contributed by atoms with Gasteiger partial charge in [-0.2, -0.15) is 0 Å². The molecule has 1 aromatic rings. The van der Waals surface area contributed by atoms with E-state index < -0.39 is 0 Å². The Kier molecular flexibility index (Phi) is 3.69. The van der Waals surface area contributed by atoms with Crippen LogP contribution < -0.4 is 10.5 Å². The Morgan fingerprint density at radius 2 is 2.29 bits per heavy atom. The standard InChI is InChI=1S/C12H15BrN2O2/c1-17-11-3-2-10(13)8-4-5-15(6-9(8)11)7-12(14)16/h2-3H,4-7H2,1H3,(H2,14,16). The molecule has 0 fully saturated rings. The van der Waals surface area contributed by atoms with Crippen LogP contribution in [0.25, 0.3) is 0 Å². The number of carbonyl (C=O) groups is 1. The lowest BCUT2D eigenvalue weighted by molar-refractivity contribution is -0.119. The molecule has 1 heterocycles. The first-order valence-corrected chi connectivity index (χ1v) is 6.26. The highest BCUT2D eigenvalue weighted by atomic mass is 79.9. The second kappa shape index (κ2) is 5.06. The summed E-state index contributed by atoms with van der Waals surface area (Å²) in [6.07, 6.45) is 0.903. The van der Waals surface area contributed by atoms with Crippen LogP contribution in [0.5, 0.6) is 5.75 Å². The highest BCUT2D eigenvalue weighted by Gasteiger charge is 2.22. The van der Waals surface area contributed by atoms with E-state index in [1.54, 1.807) is 7.11 Å². The molecule has 5 heteroatoms. The van der Waals surface area contributed by atoms with Crippen molar-refractivity contribution < 1.29 is 9.53 Å².